The van der Waals surface area contributed by atoms with Gasteiger partial charge in [0.05, 0.1) is 23.6 Å². The number of piperidine rings is 1. The van der Waals surface area contributed by atoms with Gasteiger partial charge in [0, 0.05) is 24.5 Å². The van der Waals surface area contributed by atoms with E-state index in [0.717, 1.165) is 16.7 Å². The molecule has 0 aromatic heterocycles. The number of hydrogen-bond acceptors (Lipinski definition) is 6. The van der Waals surface area contributed by atoms with Crippen molar-refractivity contribution in [2.24, 2.45) is 5.73 Å². The molecule has 2 amide bonds. The van der Waals surface area contributed by atoms with Crippen LogP contribution in [0.3, 0.4) is 0 Å². The number of nitrogens with zero attached hydrogens (tertiary/aromatic N) is 1. The minimum absolute atomic E-state index is 0. The molecule has 1 unspecified atom stereocenters. The number of fused-ring (bicyclic) bond motifs is 2. The summed E-state index contributed by atoms with van der Waals surface area (Å²) in [5.74, 6) is -0.644. The Morgan fingerprint density at radius 1 is 0.977 bits per heavy atom. The summed E-state index contributed by atoms with van der Waals surface area (Å²) in [7, 11) is -3.71. The molecule has 1 aliphatic carbocycles. The Morgan fingerprint density at radius 3 is 2.20 bits per heavy atom. The molecule has 1 spiro atoms. The van der Waals surface area contributed by atoms with E-state index in [4.69, 9.17) is 10.5 Å². The number of carbonyl (C=O) groups is 2. The van der Waals surface area contributed by atoms with Gasteiger partial charge in [-0.1, -0.05) is 72.8 Å². The van der Waals surface area contributed by atoms with Crippen LogP contribution in [-0.4, -0.2) is 56.4 Å². The number of ether oxygens (including phenoxy) is 1. The summed E-state index contributed by atoms with van der Waals surface area (Å²) in [5, 5.41) is 2.81. The third-order valence-electron chi connectivity index (χ3n) is 8.47. The normalized spacial score (nSPS) is 18.2. The molecule has 0 bridgehead atoms. The van der Waals surface area contributed by atoms with Crippen LogP contribution in [0.4, 0.5) is 0 Å². The van der Waals surface area contributed by atoms with Gasteiger partial charge in [0.15, 0.2) is 0 Å². The van der Waals surface area contributed by atoms with Crippen LogP contribution in [-0.2, 0) is 36.4 Å². The number of nitrogens with one attached hydrogen (secondary N) is 2. The van der Waals surface area contributed by atoms with Gasteiger partial charge < -0.3 is 20.7 Å². The third-order valence-corrected chi connectivity index (χ3v) is 9.96. The Bertz CT molecular complexity index is 1540. The van der Waals surface area contributed by atoms with E-state index < -0.39 is 27.5 Å². The van der Waals surface area contributed by atoms with Crippen LogP contribution < -0.4 is 15.8 Å². The van der Waals surface area contributed by atoms with E-state index in [1.807, 2.05) is 48.5 Å². The number of halogens is 1. The van der Waals surface area contributed by atoms with Crippen molar-refractivity contribution in [1.82, 2.24) is 14.9 Å². The quantitative estimate of drug-likeness (QED) is 0.309. The van der Waals surface area contributed by atoms with Gasteiger partial charge in [0.2, 0.25) is 21.8 Å². The highest BCUT2D eigenvalue weighted by molar-refractivity contribution is 7.89. The average Bonchev–Trinajstić information content (AvgIpc) is 3.29. The number of sulfonamides is 1. The molecule has 1 heterocycles. The van der Waals surface area contributed by atoms with Gasteiger partial charge in [-0.15, -0.1) is 12.4 Å². The molecule has 2 atom stereocenters. The SMILES string of the molecule is CC(C)(N)C(=O)NC(COCc1ccccc1)C(=O)N1CCC2(CC1)C[C@@H](NS(=O)(=O)c1ccccc1)c1ccccc12.Cl. The predicted octanol–water partition coefficient (Wildman–Crippen LogP) is 3.83. The second-order valence-corrected chi connectivity index (χ2v) is 13.8. The van der Waals surface area contributed by atoms with Crippen LogP contribution in [0.5, 0.6) is 0 Å². The van der Waals surface area contributed by atoms with Gasteiger partial charge >= 0.3 is 0 Å². The first kappa shape index (κ1) is 33.6. The van der Waals surface area contributed by atoms with Gasteiger partial charge in [-0.2, -0.15) is 0 Å². The van der Waals surface area contributed by atoms with Gasteiger partial charge in [-0.05, 0) is 61.9 Å². The highest BCUT2D eigenvalue weighted by atomic mass is 35.5. The second kappa shape index (κ2) is 13.8. The Morgan fingerprint density at radius 2 is 1.57 bits per heavy atom. The van der Waals surface area contributed by atoms with E-state index in [1.54, 1.807) is 49.1 Å². The lowest BCUT2D eigenvalue weighted by atomic mass is 9.73. The topological polar surface area (TPSA) is 131 Å². The van der Waals surface area contributed by atoms with E-state index >= 15 is 0 Å². The number of rotatable bonds is 10. The molecule has 3 aromatic rings. The maximum absolute atomic E-state index is 13.8. The fourth-order valence-electron chi connectivity index (χ4n) is 6.09. The summed E-state index contributed by atoms with van der Waals surface area (Å²) in [6.07, 6.45) is 1.96. The fraction of sp³-hybridized carbons (Fsp3) is 0.394. The Kier molecular flexibility index (Phi) is 10.5. The zero-order valence-corrected chi connectivity index (χ0v) is 26.7. The fourth-order valence-corrected chi connectivity index (χ4v) is 7.33. The summed E-state index contributed by atoms with van der Waals surface area (Å²) in [4.78, 5) is 28.5. The Balaban J connectivity index is 0.00000442. The van der Waals surface area contributed by atoms with E-state index in [1.165, 1.54) is 0 Å². The third kappa shape index (κ3) is 7.50. The molecule has 0 saturated carbocycles. The first-order chi connectivity index (χ1) is 20.5. The summed E-state index contributed by atoms with van der Waals surface area (Å²) in [6, 6.07) is 24.8. The lowest BCUT2D eigenvalue weighted by Gasteiger charge is -2.41. The zero-order chi connectivity index (χ0) is 30.7. The van der Waals surface area contributed by atoms with Crippen LogP contribution in [0.2, 0.25) is 0 Å². The standard InChI is InChI=1S/C33H40N4O5S.ClH/c1-32(2,34)31(39)35-29(23-42-22-24-11-5-3-6-12-24)30(38)37-19-17-33(18-20-37)21-28(26-15-9-10-16-27(26)33)36-43(40,41)25-13-7-4-8-14-25;/h3-16,28-29,36H,17-23,34H2,1-2H3,(H,35,39);1H/t28-,29?;/m1./s1. The highest BCUT2D eigenvalue weighted by Gasteiger charge is 2.47. The van der Waals surface area contributed by atoms with Crippen molar-refractivity contribution in [3.8, 4) is 0 Å². The number of amides is 2. The van der Waals surface area contributed by atoms with Crippen molar-refractivity contribution < 1.29 is 22.7 Å². The van der Waals surface area contributed by atoms with Crippen LogP contribution in [0.25, 0.3) is 0 Å². The summed E-state index contributed by atoms with van der Waals surface area (Å²) < 4.78 is 35.2. The molecular weight excluding hydrogens is 600 g/mol. The van der Waals surface area contributed by atoms with Crippen LogP contribution in [0, 0.1) is 0 Å². The van der Waals surface area contributed by atoms with E-state index in [-0.39, 0.29) is 41.3 Å². The lowest BCUT2D eigenvalue weighted by molar-refractivity contribution is -0.140. The molecule has 5 rings (SSSR count). The number of benzene rings is 3. The van der Waals surface area contributed by atoms with E-state index in [0.29, 0.717) is 39.0 Å². The maximum atomic E-state index is 13.8. The molecule has 4 N–H and O–H groups in total. The second-order valence-electron chi connectivity index (χ2n) is 12.1. The molecule has 1 fully saturated rings. The minimum atomic E-state index is -3.71. The van der Waals surface area contributed by atoms with Gasteiger partial charge in [-0.25, -0.2) is 13.1 Å². The number of likely N-dealkylation sites (tertiary alicyclic amines) is 1. The molecule has 9 nitrogen and oxygen atoms in total. The smallest absolute Gasteiger partial charge is 0.247 e. The van der Waals surface area contributed by atoms with Crippen molar-refractivity contribution in [1.29, 1.82) is 0 Å². The van der Waals surface area contributed by atoms with Crippen LogP contribution in [0.15, 0.2) is 89.8 Å². The van der Waals surface area contributed by atoms with Crippen molar-refractivity contribution in [2.75, 3.05) is 19.7 Å². The molecule has 0 radical (unpaired) electrons. The monoisotopic (exact) mass is 640 g/mol. The number of nitrogens with two attached hydrogens (primary N) is 1. The van der Waals surface area contributed by atoms with Crippen molar-refractivity contribution in [2.45, 2.75) is 67.6 Å². The zero-order valence-electron chi connectivity index (χ0n) is 25.1. The molecule has 236 valence electrons. The highest BCUT2D eigenvalue weighted by Crippen LogP contribution is 2.51. The largest absolute Gasteiger partial charge is 0.374 e. The van der Waals surface area contributed by atoms with Crippen molar-refractivity contribution in [3.63, 3.8) is 0 Å². The minimum Gasteiger partial charge on any atom is -0.374 e. The Labute approximate surface area is 266 Å². The lowest BCUT2D eigenvalue weighted by Crippen LogP contribution is -2.59. The first-order valence-electron chi connectivity index (χ1n) is 14.7. The molecule has 44 heavy (non-hydrogen) atoms. The van der Waals surface area contributed by atoms with Gasteiger partial charge in [-0.3, -0.25) is 9.59 Å². The molecule has 11 heteroatoms. The summed E-state index contributed by atoms with van der Waals surface area (Å²) >= 11 is 0. The van der Waals surface area contributed by atoms with Crippen molar-refractivity contribution in [3.05, 3.63) is 102 Å². The maximum Gasteiger partial charge on any atom is 0.247 e. The number of carbonyl (C=O) groups excluding carboxylic acids is 2. The molecular formula is C33H41ClN4O5S. The van der Waals surface area contributed by atoms with E-state index in [9.17, 15) is 18.0 Å². The average molecular weight is 641 g/mol. The van der Waals surface area contributed by atoms with Crippen molar-refractivity contribution >= 4 is 34.2 Å². The van der Waals surface area contributed by atoms with Crippen LogP contribution in [0.1, 0.15) is 55.8 Å². The molecule has 1 aliphatic heterocycles. The molecule has 3 aromatic carbocycles. The molecule has 2 aliphatic rings. The van der Waals surface area contributed by atoms with E-state index in [2.05, 4.69) is 16.1 Å². The Hall–Kier alpha value is -3.28. The van der Waals surface area contributed by atoms with Gasteiger partial charge in [0.25, 0.3) is 0 Å². The van der Waals surface area contributed by atoms with Gasteiger partial charge in [0.1, 0.15) is 6.04 Å². The first-order valence-corrected chi connectivity index (χ1v) is 16.1. The number of hydrogen-bond donors (Lipinski definition) is 3. The predicted molar refractivity (Wildman–Crippen MR) is 172 cm³/mol. The van der Waals surface area contributed by atoms with Crippen LogP contribution >= 0.6 is 12.4 Å². The summed E-state index contributed by atoms with van der Waals surface area (Å²) in [6.45, 7) is 4.47. The molecule has 1 saturated heterocycles. The summed E-state index contributed by atoms with van der Waals surface area (Å²) in [5.41, 5.74) is 7.67.